The normalized spacial score (nSPS) is 33.5. The fourth-order valence-corrected chi connectivity index (χ4v) is 6.99. The summed E-state index contributed by atoms with van der Waals surface area (Å²) in [6.45, 7) is 1.07. The molecule has 5 aliphatic rings. The zero-order chi connectivity index (χ0) is 24.6. The molecule has 2 N–H and O–H groups in total. The standard InChI is InChI=1S/C26H32N6O3/c1-29(2)24(33)15-3-5-19-14(7-15)4-6-21(19)32-18-10-23(26(32)35)30(12-18)13-20(28)25(34)31-17(11-27)8-16-9-22(16)31/h3,5,7,16-18,20-23H,4,6,8-10,12-13,28H2,1-2H3/t16-,17+,18?,20+,21+,22+,23+/m1/s1. The maximum absolute atomic E-state index is 13.4. The van der Waals surface area contributed by atoms with Gasteiger partial charge in [-0.15, -0.1) is 0 Å². The SMILES string of the molecule is CN(C)C(=O)c1ccc2c(c1)CC[C@@H]2N1C(=O)[C@@H]2CC1CN2C[C@H](N)C(=O)N1[C@H](C#N)C[C@@H]2C[C@@H]21. The molecule has 4 fully saturated rings. The quantitative estimate of drug-likeness (QED) is 0.662. The predicted molar refractivity (Wildman–Crippen MR) is 127 cm³/mol. The molecule has 1 aromatic rings. The third-order valence-corrected chi connectivity index (χ3v) is 8.75. The number of piperazine rings is 1. The summed E-state index contributed by atoms with van der Waals surface area (Å²) in [6, 6.07) is 7.13. The smallest absolute Gasteiger partial charge is 0.253 e. The first-order valence-corrected chi connectivity index (χ1v) is 12.7. The molecule has 35 heavy (non-hydrogen) atoms. The fourth-order valence-electron chi connectivity index (χ4n) is 6.99. The van der Waals surface area contributed by atoms with Crippen LogP contribution in [-0.2, 0) is 16.0 Å². The van der Waals surface area contributed by atoms with E-state index >= 15 is 0 Å². The number of likely N-dealkylation sites (tertiary alicyclic amines) is 3. The highest BCUT2D eigenvalue weighted by Crippen LogP contribution is 2.48. The second-order valence-corrected chi connectivity index (χ2v) is 11.1. The van der Waals surface area contributed by atoms with Gasteiger partial charge < -0.3 is 20.4 Å². The lowest BCUT2D eigenvalue weighted by molar-refractivity contribution is -0.141. The van der Waals surface area contributed by atoms with Crippen LogP contribution in [0.25, 0.3) is 0 Å². The van der Waals surface area contributed by atoms with E-state index in [-0.39, 0.29) is 47.9 Å². The Morgan fingerprint density at radius 3 is 2.74 bits per heavy atom. The maximum Gasteiger partial charge on any atom is 0.253 e. The second-order valence-electron chi connectivity index (χ2n) is 11.1. The number of piperidine rings is 1. The molecular weight excluding hydrogens is 444 g/mol. The first kappa shape index (κ1) is 22.5. The number of carbonyl (C=O) groups excluding carboxylic acids is 3. The molecule has 3 amide bonds. The van der Waals surface area contributed by atoms with E-state index in [0.29, 0.717) is 24.6 Å². The van der Waals surface area contributed by atoms with Crippen molar-refractivity contribution in [3.8, 4) is 6.07 Å². The zero-order valence-corrected chi connectivity index (χ0v) is 20.3. The molecular formula is C26H32N6O3. The molecule has 9 nitrogen and oxygen atoms in total. The van der Waals surface area contributed by atoms with E-state index in [1.807, 2.05) is 18.2 Å². The van der Waals surface area contributed by atoms with Gasteiger partial charge in [-0.1, -0.05) is 6.07 Å². The molecule has 9 heteroatoms. The monoisotopic (exact) mass is 476 g/mol. The number of aryl methyl sites for hydroxylation is 1. The van der Waals surface area contributed by atoms with Crippen molar-refractivity contribution >= 4 is 17.7 Å². The summed E-state index contributed by atoms with van der Waals surface area (Å²) in [5.41, 5.74) is 9.32. The first-order chi connectivity index (χ1) is 16.8. The summed E-state index contributed by atoms with van der Waals surface area (Å²) in [5, 5.41) is 9.42. The Balaban J connectivity index is 1.12. The lowest BCUT2D eigenvalue weighted by atomic mass is 10.0. The van der Waals surface area contributed by atoms with Crippen molar-refractivity contribution in [3.63, 3.8) is 0 Å². The van der Waals surface area contributed by atoms with Crippen molar-refractivity contribution in [2.75, 3.05) is 27.2 Å². The molecule has 184 valence electrons. The molecule has 0 radical (unpaired) electrons. The van der Waals surface area contributed by atoms with Crippen LogP contribution in [0.1, 0.15) is 53.2 Å². The van der Waals surface area contributed by atoms with Crippen molar-refractivity contribution in [3.05, 3.63) is 34.9 Å². The molecule has 7 atom stereocenters. The number of benzene rings is 1. The van der Waals surface area contributed by atoms with Crippen LogP contribution in [-0.4, -0.2) is 94.7 Å². The molecule has 3 saturated heterocycles. The summed E-state index contributed by atoms with van der Waals surface area (Å²) in [5.74, 6) is 0.411. The third kappa shape index (κ3) is 3.46. The van der Waals surface area contributed by atoms with Gasteiger partial charge in [0.1, 0.15) is 6.04 Å². The molecule has 1 saturated carbocycles. The number of amides is 3. The highest BCUT2D eigenvalue weighted by Gasteiger charge is 2.56. The van der Waals surface area contributed by atoms with Crippen LogP contribution in [0.4, 0.5) is 0 Å². The number of rotatable bonds is 5. The largest absolute Gasteiger partial charge is 0.345 e. The van der Waals surface area contributed by atoms with E-state index in [1.165, 1.54) is 0 Å². The summed E-state index contributed by atoms with van der Waals surface area (Å²) >= 11 is 0. The van der Waals surface area contributed by atoms with Gasteiger partial charge in [0.05, 0.1) is 24.2 Å². The average Bonchev–Trinajstić information content (AvgIpc) is 3.18. The number of nitrogens with zero attached hydrogens (tertiary/aromatic N) is 5. The van der Waals surface area contributed by atoms with Crippen molar-refractivity contribution in [1.29, 1.82) is 5.26 Å². The summed E-state index contributed by atoms with van der Waals surface area (Å²) in [6.07, 6.45) is 4.23. The fraction of sp³-hybridized carbons (Fsp3) is 0.615. The Labute approximate surface area is 205 Å². The van der Waals surface area contributed by atoms with Gasteiger partial charge >= 0.3 is 0 Å². The molecule has 2 bridgehead atoms. The Morgan fingerprint density at radius 1 is 1.23 bits per heavy atom. The first-order valence-electron chi connectivity index (χ1n) is 12.7. The van der Waals surface area contributed by atoms with Gasteiger partial charge in [0.2, 0.25) is 11.8 Å². The summed E-state index contributed by atoms with van der Waals surface area (Å²) in [4.78, 5) is 46.3. The van der Waals surface area contributed by atoms with Crippen LogP contribution in [0.5, 0.6) is 0 Å². The molecule has 1 unspecified atom stereocenters. The van der Waals surface area contributed by atoms with E-state index in [1.54, 1.807) is 23.9 Å². The Bertz CT molecular complexity index is 1140. The van der Waals surface area contributed by atoms with E-state index in [4.69, 9.17) is 5.73 Å². The number of nitrogens with two attached hydrogens (primary N) is 1. The van der Waals surface area contributed by atoms with Gasteiger partial charge in [0.15, 0.2) is 0 Å². The Kier molecular flexibility index (Phi) is 5.17. The molecule has 3 aliphatic heterocycles. The molecule has 3 heterocycles. The molecule has 2 aliphatic carbocycles. The Morgan fingerprint density at radius 2 is 2.03 bits per heavy atom. The van der Waals surface area contributed by atoms with Crippen LogP contribution in [0.2, 0.25) is 0 Å². The average molecular weight is 477 g/mol. The maximum atomic E-state index is 13.4. The number of hydrogen-bond donors (Lipinski definition) is 1. The van der Waals surface area contributed by atoms with Gasteiger partial charge in [-0.05, 0) is 61.3 Å². The van der Waals surface area contributed by atoms with Crippen LogP contribution in [0.3, 0.4) is 0 Å². The molecule has 0 aromatic heterocycles. The number of fused-ring (bicyclic) bond motifs is 4. The van der Waals surface area contributed by atoms with Crippen LogP contribution >= 0.6 is 0 Å². The highest BCUT2D eigenvalue weighted by atomic mass is 16.2. The van der Waals surface area contributed by atoms with Gasteiger partial charge in [-0.2, -0.15) is 5.26 Å². The van der Waals surface area contributed by atoms with Crippen molar-refractivity contribution in [2.45, 2.75) is 68.4 Å². The van der Waals surface area contributed by atoms with Crippen molar-refractivity contribution in [2.24, 2.45) is 11.7 Å². The molecule has 6 rings (SSSR count). The highest BCUT2D eigenvalue weighted by molar-refractivity contribution is 5.94. The predicted octanol–water partition coefficient (Wildman–Crippen LogP) is 0.501. The molecule has 1 aromatic carbocycles. The second kappa shape index (κ2) is 8.04. The summed E-state index contributed by atoms with van der Waals surface area (Å²) < 4.78 is 0. The summed E-state index contributed by atoms with van der Waals surface area (Å²) in [7, 11) is 3.50. The van der Waals surface area contributed by atoms with E-state index < -0.39 is 6.04 Å². The van der Waals surface area contributed by atoms with Crippen LogP contribution < -0.4 is 5.73 Å². The van der Waals surface area contributed by atoms with Gasteiger partial charge in [-0.3, -0.25) is 19.3 Å². The van der Waals surface area contributed by atoms with Gasteiger partial charge in [0, 0.05) is 44.8 Å². The topological polar surface area (TPSA) is 114 Å². The van der Waals surface area contributed by atoms with E-state index in [2.05, 4.69) is 15.9 Å². The number of carbonyl (C=O) groups is 3. The number of nitriles is 1. The van der Waals surface area contributed by atoms with Crippen molar-refractivity contribution < 1.29 is 14.4 Å². The number of hydrogen-bond acceptors (Lipinski definition) is 6. The van der Waals surface area contributed by atoms with Crippen molar-refractivity contribution in [1.82, 2.24) is 19.6 Å². The van der Waals surface area contributed by atoms with Crippen LogP contribution in [0, 0.1) is 17.2 Å². The lowest BCUT2D eigenvalue weighted by Gasteiger charge is -2.38. The van der Waals surface area contributed by atoms with E-state index in [9.17, 15) is 19.6 Å². The minimum atomic E-state index is -0.717. The minimum absolute atomic E-state index is 0.0127. The van der Waals surface area contributed by atoms with E-state index in [0.717, 1.165) is 43.2 Å². The minimum Gasteiger partial charge on any atom is -0.345 e. The zero-order valence-electron chi connectivity index (χ0n) is 20.3. The Hall–Kier alpha value is -2.96. The third-order valence-electron chi connectivity index (χ3n) is 8.75. The van der Waals surface area contributed by atoms with Gasteiger partial charge in [-0.25, -0.2) is 0 Å². The lowest BCUT2D eigenvalue weighted by Crippen LogP contribution is -2.57. The molecule has 0 spiro atoms. The van der Waals surface area contributed by atoms with Crippen LogP contribution in [0.15, 0.2) is 18.2 Å². The van der Waals surface area contributed by atoms with Gasteiger partial charge in [0.25, 0.3) is 5.91 Å².